The summed E-state index contributed by atoms with van der Waals surface area (Å²) >= 11 is 0. The van der Waals surface area contributed by atoms with E-state index in [2.05, 4.69) is 23.7 Å². The number of nitrogens with zero attached hydrogens (tertiary/aromatic N) is 2. The van der Waals surface area contributed by atoms with Crippen LogP contribution in [-0.4, -0.2) is 25.4 Å². The standard InChI is InChI=1S/C12H22N2Si/c1-15(2)9-3-8-14(15)12-6-4-11(10-13)5-7-12/h11-12H,3-9H2,1-2H3. The van der Waals surface area contributed by atoms with E-state index in [1.165, 1.54) is 31.9 Å². The van der Waals surface area contributed by atoms with Crippen LogP contribution in [0.4, 0.5) is 0 Å². The van der Waals surface area contributed by atoms with Gasteiger partial charge < -0.3 is 4.57 Å². The van der Waals surface area contributed by atoms with Gasteiger partial charge >= 0.3 is 0 Å². The first-order chi connectivity index (χ1) is 7.13. The molecule has 1 aliphatic heterocycles. The van der Waals surface area contributed by atoms with Gasteiger partial charge in [0.25, 0.3) is 0 Å². The Bertz CT molecular complexity index is 261. The molecule has 2 aliphatic rings. The predicted octanol–water partition coefficient (Wildman–Crippen LogP) is 2.98. The van der Waals surface area contributed by atoms with Crippen molar-refractivity contribution in [2.24, 2.45) is 5.92 Å². The van der Waals surface area contributed by atoms with Crippen molar-refractivity contribution in [3.63, 3.8) is 0 Å². The molecule has 1 heterocycles. The summed E-state index contributed by atoms with van der Waals surface area (Å²) in [4.78, 5) is 0. The third-order valence-corrected chi connectivity index (χ3v) is 8.01. The highest BCUT2D eigenvalue weighted by Crippen LogP contribution is 2.34. The van der Waals surface area contributed by atoms with Gasteiger partial charge in [0.15, 0.2) is 0 Å². The molecule has 0 bridgehead atoms. The molecule has 0 aromatic rings. The van der Waals surface area contributed by atoms with Crippen LogP contribution in [0.5, 0.6) is 0 Å². The first-order valence-corrected chi connectivity index (χ1v) is 9.45. The molecule has 15 heavy (non-hydrogen) atoms. The normalized spacial score (nSPS) is 36.3. The summed E-state index contributed by atoms with van der Waals surface area (Å²) in [6.45, 7) is 6.36. The van der Waals surface area contributed by atoms with E-state index in [0.29, 0.717) is 5.92 Å². The number of rotatable bonds is 1. The molecular formula is C12H22N2Si. The highest BCUT2D eigenvalue weighted by atomic mass is 28.3. The van der Waals surface area contributed by atoms with Crippen molar-refractivity contribution in [1.29, 1.82) is 5.26 Å². The van der Waals surface area contributed by atoms with Crippen molar-refractivity contribution in [3.05, 3.63) is 0 Å². The van der Waals surface area contributed by atoms with Crippen molar-refractivity contribution >= 4 is 8.24 Å². The smallest absolute Gasteiger partial charge is 0.122 e. The van der Waals surface area contributed by atoms with E-state index in [1.807, 2.05) is 0 Å². The molecule has 0 amide bonds. The molecule has 0 aromatic heterocycles. The molecule has 0 spiro atoms. The van der Waals surface area contributed by atoms with E-state index in [9.17, 15) is 0 Å². The molecule has 0 radical (unpaired) electrons. The average molecular weight is 222 g/mol. The van der Waals surface area contributed by atoms with E-state index >= 15 is 0 Å². The van der Waals surface area contributed by atoms with Crippen molar-refractivity contribution in [1.82, 2.24) is 4.57 Å². The molecule has 3 heteroatoms. The average Bonchev–Trinajstić information content (AvgIpc) is 2.58. The Morgan fingerprint density at radius 2 is 1.87 bits per heavy atom. The number of hydrogen-bond donors (Lipinski definition) is 0. The van der Waals surface area contributed by atoms with Crippen LogP contribution in [0.1, 0.15) is 32.1 Å². The van der Waals surface area contributed by atoms with Gasteiger partial charge in [-0.25, -0.2) is 0 Å². The van der Waals surface area contributed by atoms with Crippen LogP contribution in [-0.2, 0) is 0 Å². The fourth-order valence-corrected chi connectivity index (χ4v) is 6.64. The summed E-state index contributed by atoms with van der Waals surface area (Å²) in [5, 5.41) is 8.89. The first kappa shape index (κ1) is 11.2. The summed E-state index contributed by atoms with van der Waals surface area (Å²) in [7, 11) is -1.04. The van der Waals surface area contributed by atoms with Crippen LogP contribution in [0.2, 0.25) is 19.1 Å². The van der Waals surface area contributed by atoms with Gasteiger partial charge in [0, 0.05) is 12.0 Å². The van der Waals surface area contributed by atoms with Gasteiger partial charge in [-0.3, -0.25) is 0 Å². The van der Waals surface area contributed by atoms with Gasteiger partial charge in [-0.15, -0.1) is 0 Å². The van der Waals surface area contributed by atoms with Crippen LogP contribution in [0.3, 0.4) is 0 Å². The van der Waals surface area contributed by atoms with Crippen LogP contribution in [0.15, 0.2) is 0 Å². The summed E-state index contributed by atoms with van der Waals surface area (Å²) < 4.78 is 2.83. The second kappa shape index (κ2) is 4.27. The largest absolute Gasteiger partial charge is 0.321 e. The molecule has 0 aromatic carbocycles. The van der Waals surface area contributed by atoms with Crippen molar-refractivity contribution < 1.29 is 0 Å². The van der Waals surface area contributed by atoms with Gasteiger partial charge in [-0.2, -0.15) is 5.26 Å². The van der Waals surface area contributed by atoms with E-state index in [0.717, 1.165) is 18.9 Å². The van der Waals surface area contributed by atoms with Gasteiger partial charge in [0.05, 0.1) is 6.07 Å². The number of nitriles is 1. The van der Waals surface area contributed by atoms with Crippen molar-refractivity contribution in [3.8, 4) is 6.07 Å². The Kier molecular flexibility index (Phi) is 3.18. The second-order valence-electron chi connectivity index (χ2n) is 5.74. The van der Waals surface area contributed by atoms with Gasteiger partial charge in [-0.1, -0.05) is 13.1 Å². The topological polar surface area (TPSA) is 27.0 Å². The molecule has 84 valence electrons. The van der Waals surface area contributed by atoms with E-state index in [-0.39, 0.29) is 0 Å². The molecule has 2 rings (SSSR count). The molecule has 1 aliphatic carbocycles. The Balaban J connectivity index is 1.93. The van der Waals surface area contributed by atoms with E-state index in [1.54, 1.807) is 0 Å². The summed E-state index contributed by atoms with van der Waals surface area (Å²) in [5.74, 6) is 0.355. The lowest BCUT2D eigenvalue weighted by atomic mass is 9.87. The third-order valence-electron chi connectivity index (χ3n) is 4.29. The second-order valence-corrected chi connectivity index (χ2v) is 10.4. The van der Waals surface area contributed by atoms with E-state index < -0.39 is 8.24 Å². The molecule has 1 saturated heterocycles. The summed E-state index contributed by atoms with van der Waals surface area (Å²) in [6, 6.07) is 4.72. The Labute approximate surface area is 94.4 Å². The van der Waals surface area contributed by atoms with Crippen molar-refractivity contribution in [2.75, 3.05) is 6.54 Å². The van der Waals surface area contributed by atoms with Crippen LogP contribution < -0.4 is 0 Å². The first-order valence-electron chi connectivity index (χ1n) is 6.30. The molecule has 2 nitrogen and oxygen atoms in total. The lowest BCUT2D eigenvalue weighted by molar-refractivity contribution is 0.240. The maximum atomic E-state index is 8.89. The summed E-state index contributed by atoms with van der Waals surface area (Å²) in [6.07, 6.45) is 6.24. The zero-order valence-corrected chi connectivity index (χ0v) is 11.0. The fourth-order valence-electron chi connectivity index (χ4n) is 3.32. The quantitative estimate of drug-likeness (QED) is 0.638. The minimum absolute atomic E-state index is 0.355. The SMILES string of the molecule is C[Si]1(C)CCCN1C1CCC(C#N)CC1. The monoisotopic (exact) mass is 222 g/mol. The Hall–Kier alpha value is -0.333. The van der Waals surface area contributed by atoms with Crippen LogP contribution in [0.25, 0.3) is 0 Å². The highest BCUT2D eigenvalue weighted by molar-refractivity contribution is 6.75. The van der Waals surface area contributed by atoms with Gasteiger partial charge in [0.1, 0.15) is 8.24 Å². The lowest BCUT2D eigenvalue weighted by Gasteiger charge is -2.40. The minimum atomic E-state index is -1.04. The minimum Gasteiger partial charge on any atom is -0.321 e. The molecule has 0 N–H and O–H groups in total. The molecule has 0 atom stereocenters. The van der Waals surface area contributed by atoms with Gasteiger partial charge in [-0.05, 0) is 44.7 Å². The fraction of sp³-hybridized carbons (Fsp3) is 0.917. The van der Waals surface area contributed by atoms with Crippen LogP contribution in [0, 0.1) is 17.2 Å². The zero-order valence-electron chi connectivity index (χ0n) is 10.00. The maximum Gasteiger partial charge on any atom is 0.122 e. The lowest BCUT2D eigenvalue weighted by Crippen LogP contribution is -2.50. The predicted molar refractivity (Wildman–Crippen MR) is 65.0 cm³/mol. The number of hydrogen-bond acceptors (Lipinski definition) is 2. The Morgan fingerprint density at radius 3 is 2.33 bits per heavy atom. The van der Waals surface area contributed by atoms with Gasteiger partial charge in [0.2, 0.25) is 0 Å². The molecule has 1 saturated carbocycles. The zero-order chi connectivity index (χ0) is 10.9. The maximum absolute atomic E-state index is 8.89. The molecule has 2 fully saturated rings. The molecular weight excluding hydrogens is 200 g/mol. The van der Waals surface area contributed by atoms with Crippen molar-refractivity contribution in [2.45, 2.75) is 57.3 Å². The Morgan fingerprint density at radius 1 is 1.20 bits per heavy atom. The molecule has 0 unspecified atom stereocenters. The summed E-state index contributed by atoms with van der Waals surface area (Å²) in [5.41, 5.74) is 0. The van der Waals surface area contributed by atoms with Crippen LogP contribution >= 0.6 is 0 Å². The highest BCUT2D eigenvalue weighted by Gasteiger charge is 2.39. The third kappa shape index (κ3) is 2.26. The van der Waals surface area contributed by atoms with E-state index in [4.69, 9.17) is 5.26 Å².